The summed E-state index contributed by atoms with van der Waals surface area (Å²) in [6, 6.07) is 11.7. The molecular formula is C17H16ClNO5S. The molecule has 0 radical (unpaired) electrons. The topological polar surface area (TPSA) is 72.9 Å². The van der Waals surface area contributed by atoms with Gasteiger partial charge < -0.3 is 14.4 Å². The third-order valence-corrected chi connectivity index (χ3v) is 5.77. The van der Waals surface area contributed by atoms with Gasteiger partial charge in [0.2, 0.25) is 9.84 Å². The van der Waals surface area contributed by atoms with Crippen LogP contribution in [-0.4, -0.2) is 45.7 Å². The van der Waals surface area contributed by atoms with Gasteiger partial charge in [0.05, 0.1) is 23.0 Å². The van der Waals surface area contributed by atoms with Gasteiger partial charge in [0.25, 0.3) is 0 Å². The summed E-state index contributed by atoms with van der Waals surface area (Å²) in [5.74, 6) is 0.284. The maximum Gasteiger partial charge on any atom is 0.415 e. The number of morpholine rings is 1. The second kappa shape index (κ2) is 7.43. The van der Waals surface area contributed by atoms with Gasteiger partial charge in [0, 0.05) is 18.1 Å². The molecule has 0 bridgehead atoms. The van der Waals surface area contributed by atoms with Crippen molar-refractivity contribution in [1.82, 2.24) is 4.90 Å². The van der Waals surface area contributed by atoms with Gasteiger partial charge >= 0.3 is 6.09 Å². The van der Waals surface area contributed by atoms with Crippen LogP contribution in [0.1, 0.15) is 0 Å². The first-order valence-electron chi connectivity index (χ1n) is 7.62. The van der Waals surface area contributed by atoms with Gasteiger partial charge in [-0.2, -0.15) is 0 Å². The van der Waals surface area contributed by atoms with Crippen molar-refractivity contribution in [2.45, 2.75) is 9.79 Å². The van der Waals surface area contributed by atoms with E-state index < -0.39 is 15.9 Å². The molecule has 3 rings (SSSR count). The highest BCUT2D eigenvalue weighted by atomic mass is 35.5. The predicted molar refractivity (Wildman–Crippen MR) is 91.8 cm³/mol. The third-order valence-electron chi connectivity index (χ3n) is 3.73. The predicted octanol–water partition coefficient (Wildman–Crippen LogP) is 3.00. The summed E-state index contributed by atoms with van der Waals surface area (Å²) < 4.78 is 35.5. The van der Waals surface area contributed by atoms with E-state index in [1.165, 1.54) is 48.5 Å². The molecule has 0 unspecified atom stereocenters. The van der Waals surface area contributed by atoms with Crippen LogP contribution in [0.4, 0.5) is 4.79 Å². The summed E-state index contributed by atoms with van der Waals surface area (Å²) in [6.07, 6.45) is -0.475. The minimum atomic E-state index is -3.65. The zero-order chi connectivity index (χ0) is 17.9. The molecule has 1 saturated heterocycles. The number of benzene rings is 2. The summed E-state index contributed by atoms with van der Waals surface area (Å²) in [4.78, 5) is 13.8. The van der Waals surface area contributed by atoms with E-state index in [2.05, 4.69) is 0 Å². The van der Waals surface area contributed by atoms with Gasteiger partial charge in [-0.15, -0.1) is 0 Å². The number of hydrogen-bond donors (Lipinski definition) is 0. The van der Waals surface area contributed by atoms with Crippen LogP contribution >= 0.6 is 11.6 Å². The quantitative estimate of drug-likeness (QED) is 0.817. The molecule has 8 heteroatoms. The molecule has 1 aliphatic rings. The van der Waals surface area contributed by atoms with Crippen molar-refractivity contribution in [2.75, 3.05) is 26.3 Å². The van der Waals surface area contributed by atoms with Crippen LogP contribution < -0.4 is 4.74 Å². The lowest BCUT2D eigenvalue weighted by atomic mass is 10.3. The van der Waals surface area contributed by atoms with Crippen LogP contribution in [0.15, 0.2) is 58.3 Å². The zero-order valence-corrected chi connectivity index (χ0v) is 14.8. The summed E-state index contributed by atoms with van der Waals surface area (Å²) in [5, 5.41) is 0.462. The van der Waals surface area contributed by atoms with Crippen molar-refractivity contribution < 1.29 is 22.7 Å². The molecule has 0 spiro atoms. The molecule has 1 fully saturated rings. The van der Waals surface area contributed by atoms with Crippen LogP contribution in [-0.2, 0) is 14.6 Å². The Morgan fingerprint density at radius 2 is 1.48 bits per heavy atom. The van der Waals surface area contributed by atoms with E-state index in [-0.39, 0.29) is 15.5 Å². The average Bonchev–Trinajstić information content (AvgIpc) is 2.63. The first-order chi connectivity index (χ1) is 12.0. The number of sulfone groups is 1. The van der Waals surface area contributed by atoms with E-state index in [4.69, 9.17) is 21.1 Å². The standard InChI is InChI=1S/C17H16ClNO5S/c18-13-1-5-15(6-2-13)25(21,22)16-7-3-14(4-8-16)24-17(20)19-9-11-23-12-10-19/h1-8H,9-12H2. The van der Waals surface area contributed by atoms with Crippen molar-refractivity contribution >= 4 is 27.5 Å². The number of halogens is 1. The molecule has 0 atom stereocenters. The first kappa shape index (κ1) is 17.7. The first-order valence-corrected chi connectivity index (χ1v) is 9.48. The van der Waals surface area contributed by atoms with Crippen LogP contribution in [0.25, 0.3) is 0 Å². The molecule has 1 aliphatic heterocycles. The van der Waals surface area contributed by atoms with Gasteiger partial charge in [-0.1, -0.05) is 11.6 Å². The fourth-order valence-corrected chi connectivity index (χ4v) is 3.73. The second-order valence-corrected chi connectivity index (χ2v) is 7.78. The van der Waals surface area contributed by atoms with Crippen LogP contribution in [0, 0.1) is 0 Å². The molecule has 1 amide bonds. The normalized spacial score (nSPS) is 15.0. The smallest absolute Gasteiger partial charge is 0.410 e. The van der Waals surface area contributed by atoms with Gasteiger partial charge in [-0.05, 0) is 48.5 Å². The number of carbonyl (C=O) groups is 1. The number of carbonyl (C=O) groups excluding carboxylic acids is 1. The molecule has 6 nitrogen and oxygen atoms in total. The number of amides is 1. The molecule has 0 saturated carbocycles. The van der Waals surface area contributed by atoms with E-state index in [9.17, 15) is 13.2 Å². The Kier molecular flexibility index (Phi) is 5.27. The Balaban J connectivity index is 1.73. The highest BCUT2D eigenvalue weighted by Gasteiger charge is 2.20. The lowest BCUT2D eigenvalue weighted by Crippen LogP contribution is -2.42. The molecule has 0 N–H and O–H groups in total. The minimum Gasteiger partial charge on any atom is -0.410 e. The Morgan fingerprint density at radius 1 is 0.960 bits per heavy atom. The highest BCUT2D eigenvalue weighted by molar-refractivity contribution is 7.91. The van der Waals surface area contributed by atoms with Crippen molar-refractivity contribution in [3.63, 3.8) is 0 Å². The van der Waals surface area contributed by atoms with Gasteiger partial charge in [-0.25, -0.2) is 13.2 Å². The fourth-order valence-electron chi connectivity index (χ4n) is 2.35. The van der Waals surface area contributed by atoms with Crippen molar-refractivity contribution in [3.8, 4) is 5.75 Å². The summed E-state index contributed by atoms with van der Waals surface area (Å²) >= 11 is 5.79. The van der Waals surface area contributed by atoms with Crippen LogP contribution in [0.3, 0.4) is 0 Å². The Morgan fingerprint density at radius 3 is 2.04 bits per heavy atom. The van der Waals surface area contributed by atoms with E-state index in [1.54, 1.807) is 4.90 Å². The lowest BCUT2D eigenvalue weighted by molar-refractivity contribution is 0.0416. The minimum absolute atomic E-state index is 0.112. The van der Waals surface area contributed by atoms with E-state index in [0.29, 0.717) is 31.3 Å². The van der Waals surface area contributed by atoms with Crippen molar-refractivity contribution in [3.05, 3.63) is 53.6 Å². The molecule has 2 aromatic rings. The number of nitrogens with zero attached hydrogens (tertiary/aromatic N) is 1. The molecule has 0 aromatic heterocycles. The second-order valence-electron chi connectivity index (χ2n) is 5.40. The lowest BCUT2D eigenvalue weighted by Gasteiger charge is -2.25. The van der Waals surface area contributed by atoms with Crippen molar-refractivity contribution in [2.24, 2.45) is 0 Å². The monoisotopic (exact) mass is 381 g/mol. The van der Waals surface area contributed by atoms with Crippen LogP contribution in [0.2, 0.25) is 5.02 Å². The Bertz CT molecular complexity index is 844. The maximum absolute atomic E-state index is 12.6. The van der Waals surface area contributed by atoms with Crippen molar-refractivity contribution in [1.29, 1.82) is 0 Å². The Labute approximate surface area is 150 Å². The summed E-state index contributed by atoms with van der Waals surface area (Å²) in [5.41, 5.74) is 0. The fraction of sp³-hybridized carbons (Fsp3) is 0.235. The number of rotatable bonds is 3. The third kappa shape index (κ3) is 4.12. The molecule has 2 aromatic carbocycles. The van der Waals surface area contributed by atoms with Crippen LogP contribution in [0.5, 0.6) is 5.75 Å². The Hall–Kier alpha value is -2.09. The van der Waals surface area contributed by atoms with E-state index >= 15 is 0 Å². The zero-order valence-electron chi connectivity index (χ0n) is 13.2. The molecule has 132 valence electrons. The molecule has 0 aliphatic carbocycles. The SMILES string of the molecule is O=C(Oc1ccc(S(=O)(=O)c2ccc(Cl)cc2)cc1)N1CCOCC1. The molecule has 1 heterocycles. The number of ether oxygens (including phenoxy) is 2. The number of hydrogen-bond acceptors (Lipinski definition) is 5. The molecular weight excluding hydrogens is 366 g/mol. The van der Waals surface area contributed by atoms with E-state index in [0.717, 1.165) is 0 Å². The maximum atomic E-state index is 12.6. The van der Waals surface area contributed by atoms with E-state index in [1.807, 2.05) is 0 Å². The largest absolute Gasteiger partial charge is 0.415 e. The van der Waals surface area contributed by atoms with Gasteiger partial charge in [0.15, 0.2) is 0 Å². The summed E-state index contributed by atoms with van der Waals surface area (Å²) in [7, 11) is -3.65. The van der Waals surface area contributed by atoms with Gasteiger partial charge in [0.1, 0.15) is 5.75 Å². The average molecular weight is 382 g/mol. The highest BCUT2D eigenvalue weighted by Crippen LogP contribution is 2.24. The van der Waals surface area contributed by atoms with Gasteiger partial charge in [-0.3, -0.25) is 0 Å². The summed E-state index contributed by atoms with van der Waals surface area (Å²) in [6.45, 7) is 1.91. The molecule has 25 heavy (non-hydrogen) atoms.